The molecular formula is C8H15NO3S. The van der Waals surface area contributed by atoms with Gasteiger partial charge < -0.3 is 4.74 Å². The first-order chi connectivity index (χ1) is 8.22. The van der Waals surface area contributed by atoms with Crippen molar-refractivity contribution in [3.63, 3.8) is 0 Å². The predicted octanol–water partition coefficient (Wildman–Crippen LogP) is 2.21. The quantitative estimate of drug-likeness (QED) is 0.455. The number of hydrogen-bond donors (Lipinski definition) is 0. The summed E-state index contributed by atoms with van der Waals surface area (Å²) < 4.78 is 54.6. The van der Waals surface area contributed by atoms with Gasteiger partial charge in [0.1, 0.15) is 17.8 Å². The highest BCUT2D eigenvalue weighted by atomic mass is 32.2. The lowest BCUT2D eigenvalue weighted by Gasteiger charge is -2.24. The summed E-state index contributed by atoms with van der Waals surface area (Å²) in [5.74, 6) is 0. The van der Waals surface area contributed by atoms with Gasteiger partial charge in [-0.3, -0.25) is 4.18 Å². The Kier molecular flexibility index (Phi) is 1.41. The van der Waals surface area contributed by atoms with E-state index in [0.29, 0.717) is 4.31 Å². The fourth-order valence-corrected chi connectivity index (χ4v) is 1.000. The molecule has 1 unspecified atom stereocenters. The van der Waals surface area contributed by atoms with Gasteiger partial charge in [-0.05, 0) is 27.6 Å². The molecule has 0 aromatic carbocycles. The van der Waals surface area contributed by atoms with E-state index in [2.05, 4.69) is 4.18 Å². The second kappa shape index (κ2) is 3.75. The Bertz CT molecular complexity index is 382. The second-order valence-electron chi connectivity index (χ2n) is 3.38. The monoisotopic (exact) mass is 211 g/mol. The average molecular weight is 211 g/mol. The highest BCUT2D eigenvalue weighted by Gasteiger charge is 2.31. The van der Waals surface area contributed by atoms with Crippen LogP contribution in [0, 0.1) is 0 Å². The van der Waals surface area contributed by atoms with Crippen molar-refractivity contribution in [3.8, 4) is 0 Å². The topological polar surface area (TPSA) is 38.8 Å². The third kappa shape index (κ3) is 3.08. The molecule has 0 aromatic rings. The molecule has 0 spiro atoms. The summed E-state index contributed by atoms with van der Waals surface area (Å²) in [6, 6.07) is -2.88. The number of ether oxygens (including phenoxy) is 1. The summed E-state index contributed by atoms with van der Waals surface area (Å²) >= 11 is 0.168. The number of hydrogen-bond acceptors (Lipinski definition) is 4. The van der Waals surface area contributed by atoms with Gasteiger partial charge in [0.25, 0.3) is 0 Å². The van der Waals surface area contributed by atoms with Crippen molar-refractivity contribution < 1.29 is 21.9 Å². The zero-order valence-electron chi connectivity index (χ0n) is 13.6. The minimum absolute atomic E-state index is 0.168. The number of carbonyl (C=O) groups excluding carboxylic acids is 1. The van der Waals surface area contributed by atoms with Gasteiger partial charge in [0.2, 0.25) is 0 Å². The first-order valence-corrected chi connectivity index (χ1v) is 4.31. The molecular weight excluding hydrogens is 190 g/mol. The first-order valence-electron chi connectivity index (χ1n) is 6.61. The SMILES string of the molecule is [2H]C([2H])([2H])C1([2H])N(C(=O)OC(C)(C)C)SOC1([2H])[2H]. The predicted molar refractivity (Wildman–Crippen MR) is 51.1 cm³/mol. The first kappa shape index (κ1) is 4.89. The highest BCUT2D eigenvalue weighted by Crippen LogP contribution is 2.26. The molecule has 1 amide bonds. The van der Waals surface area contributed by atoms with Crippen molar-refractivity contribution in [2.45, 2.75) is 39.2 Å². The lowest BCUT2D eigenvalue weighted by Crippen LogP contribution is -2.35. The summed E-state index contributed by atoms with van der Waals surface area (Å²) in [6.45, 7) is -1.23. The Hall–Kier alpha value is -0.420. The maximum Gasteiger partial charge on any atom is 0.422 e. The largest absolute Gasteiger partial charge is 0.443 e. The van der Waals surface area contributed by atoms with E-state index in [-0.39, 0.29) is 12.2 Å². The van der Waals surface area contributed by atoms with Crippen molar-refractivity contribution in [3.05, 3.63) is 0 Å². The van der Waals surface area contributed by atoms with E-state index in [0.717, 1.165) is 0 Å². The molecule has 1 rings (SSSR count). The maximum absolute atomic E-state index is 11.9. The molecule has 0 bridgehead atoms. The Balaban J connectivity index is 3.12. The van der Waals surface area contributed by atoms with Crippen molar-refractivity contribution in [1.82, 2.24) is 4.31 Å². The molecule has 4 nitrogen and oxygen atoms in total. The summed E-state index contributed by atoms with van der Waals surface area (Å²) in [6.07, 6.45) is -1.13. The molecule has 0 N–H and O–H groups in total. The van der Waals surface area contributed by atoms with Gasteiger partial charge in [-0.15, -0.1) is 0 Å². The van der Waals surface area contributed by atoms with Crippen LogP contribution >= 0.6 is 12.2 Å². The van der Waals surface area contributed by atoms with E-state index in [9.17, 15) is 4.79 Å². The second-order valence-corrected chi connectivity index (χ2v) is 4.06. The average Bonchev–Trinajstić information content (AvgIpc) is 2.35. The van der Waals surface area contributed by atoms with E-state index >= 15 is 0 Å². The van der Waals surface area contributed by atoms with E-state index in [4.69, 9.17) is 13.0 Å². The fraction of sp³-hybridized carbons (Fsp3) is 0.875. The molecule has 1 aliphatic rings. The van der Waals surface area contributed by atoms with Gasteiger partial charge in [-0.2, -0.15) is 0 Å². The molecule has 76 valence electrons. The number of carbonyl (C=O) groups is 1. The molecule has 13 heavy (non-hydrogen) atoms. The molecule has 0 aliphatic carbocycles. The maximum atomic E-state index is 11.9. The summed E-state index contributed by atoms with van der Waals surface area (Å²) in [5, 5.41) is 0. The van der Waals surface area contributed by atoms with Crippen LogP contribution in [0.2, 0.25) is 0 Å². The van der Waals surface area contributed by atoms with Gasteiger partial charge in [-0.25, -0.2) is 9.10 Å². The lowest BCUT2D eigenvalue weighted by atomic mass is 10.2. The van der Waals surface area contributed by atoms with Gasteiger partial charge >= 0.3 is 6.09 Å². The highest BCUT2D eigenvalue weighted by molar-refractivity contribution is 7.93. The molecule has 1 fully saturated rings. The van der Waals surface area contributed by atoms with Crippen molar-refractivity contribution in [2.75, 3.05) is 6.56 Å². The van der Waals surface area contributed by atoms with Gasteiger partial charge in [0, 0.05) is 4.11 Å². The van der Waals surface area contributed by atoms with Crippen molar-refractivity contribution in [1.29, 1.82) is 0 Å². The molecule has 1 heterocycles. The lowest BCUT2D eigenvalue weighted by molar-refractivity contribution is 0.0377. The summed E-state index contributed by atoms with van der Waals surface area (Å²) in [7, 11) is 0. The molecule has 1 aliphatic heterocycles. The standard InChI is InChI=1S/C8H15NO3S/c1-6-5-11-13-9(6)7(10)12-8(2,3)4/h6H,5H2,1-4H3/i1D3,5D2,6D. The molecule has 0 radical (unpaired) electrons. The Morgan fingerprint density at radius 1 is 1.92 bits per heavy atom. The van der Waals surface area contributed by atoms with Crippen LogP contribution in [0.15, 0.2) is 0 Å². The van der Waals surface area contributed by atoms with Crippen LogP contribution in [0.4, 0.5) is 4.79 Å². The zero-order valence-corrected chi connectivity index (χ0v) is 8.40. The van der Waals surface area contributed by atoms with E-state index < -0.39 is 31.1 Å². The number of amides is 1. The van der Waals surface area contributed by atoms with Gasteiger partial charge in [0.15, 0.2) is 0 Å². The smallest absolute Gasteiger partial charge is 0.422 e. The minimum Gasteiger partial charge on any atom is -0.443 e. The van der Waals surface area contributed by atoms with Crippen LogP contribution in [0.3, 0.4) is 0 Å². The van der Waals surface area contributed by atoms with Gasteiger partial charge in [0.05, 0.1) is 16.7 Å². The summed E-state index contributed by atoms with van der Waals surface area (Å²) in [4.78, 5) is 11.9. The van der Waals surface area contributed by atoms with E-state index in [1.807, 2.05) is 0 Å². The Labute approximate surface area is 91.3 Å². The van der Waals surface area contributed by atoms with Gasteiger partial charge in [-0.1, -0.05) is 0 Å². The molecule has 0 aromatic heterocycles. The normalized spacial score (nSPS) is 40.7. The number of nitrogens with zero attached hydrogens (tertiary/aromatic N) is 1. The van der Waals surface area contributed by atoms with Crippen LogP contribution in [0.5, 0.6) is 0 Å². The van der Waals surface area contributed by atoms with Crippen LogP contribution in [-0.4, -0.2) is 28.6 Å². The fourth-order valence-electron chi connectivity index (χ4n) is 0.599. The van der Waals surface area contributed by atoms with E-state index in [1.165, 1.54) is 0 Å². The number of rotatable bonds is 0. The third-order valence-corrected chi connectivity index (χ3v) is 1.65. The van der Waals surface area contributed by atoms with Crippen LogP contribution in [0.25, 0.3) is 0 Å². The molecule has 5 heteroatoms. The van der Waals surface area contributed by atoms with Crippen LogP contribution < -0.4 is 0 Å². The Morgan fingerprint density at radius 3 is 3.15 bits per heavy atom. The summed E-state index contributed by atoms with van der Waals surface area (Å²) in [5.41, 5.74) is -0.900. The van der Waals surface area contributed by atoms with Crippen molar-refractivity contribution in [2.24, 2.45) is 0 Å². The minimum atomic E-state index is -3.10. The van der Waals surface area contributed by atoms with Crippen LogP contribution in [0.1, 0.15) is 35.8 Å². The molecule has 0 saturated carbocycles. The molecule has 1 saturated heterocycles. The Morgan fingerprint density at radius 2 is 2.62 bits per heavy atom. The zero-order chi connectivity index (χ0) is 15.3. The molecule has 1 atom stereocenters. The van der Waals surface area contributed by atoms with Crippen LogP contribution in [-0.2, 0) is 8.92 Å². The third-order valence-electron chi connectivity index (χ3n) is 1.01. The van der Waals surface area contributed by atoms with E-state index in [1.54, 1.807) is 20.8 Å². The van der Waals surface area contributed by atoms with Crippen molar-refractivity contribution >= 4 is 18.3 Å².